The van der Waals surface area contributed by atoms with E-state index in [1.165, 1.54) is 25.4 Å². The lowest BCUT2D eigenvalue weighted by Crippen LogP contribution is -1.65. The molecule has 0 bridgehead atoms. The molecule has 1 radical (unpaired) electrons. The SMILES string of the molecule is [CH]1C=COC=CO1. The first kappa shape index (κ1) is 4.24. The molecular formula is C5H5O2. The van der Waals surface area contributed by atoms with Gasteiger partial charge in [0, 0.05) is 0 Å². The van der Waals surface area contributed by atoms with Crippen LogP contribution < -0.4 is 0 Å². The highest BCUT2D eigenvalue weighted by molar-refractivity contribution is 4.89. The molecular weight excluding hydrogens is 92.1 g/mol. The van der Waals surface area contributed by atoms with Gasteiger partial charge in [0.25, 0.3) is 0 Å². The normalized spacial score (nSPS) is 17.1. The number of rotatable bonds is 0. The lowest BCUT2D eigenvalue weighted by Gasteiger charge is -1.83. The van der Waals surface area contributed by atoms with Crippen molar-refractivity contribution in [2.75, 3.05) is 0 Å². The summed E-state index contributed by atoms with van der Waals surface area (Å²) in [5, 5.41) is 0. The monoisotopic (exact) mass is 97.0 g/mol. The Kier molecular flexibility index (Phi) is 1.39. The van der Waals surface area contributed by atoms with E-state index >= 15 is 0 Å². The third kappa shape index (κ3) is 1.30. The maximum atomic E-state index is 4.68. The van der Waals surface area contributed by atoms with Crippen LogP contribution in [0.15, 0.2) is 24.9 Å². The lowest BCUT2D eigenvalue weighted by molar-refractivity contribution is 0.340. The summed E-state index contributed by atoms with van der Waals surface area (Å²) in [6.07, 6.45) is 6.11. The van der Waals surface area contributed by atoms with Crippen molar-refractivity contribution in [3.63, 3.8) is 0 Å². The summed E-state index contributed by atoms with van der Waals surface area (Å²) in [7, 11) is 0. The van der Waals surface area contributed by atoms with Gasteiger partial charge in [-0.1, -0.05) is 0 Å². The van der Waals surface area contributed by atoms with Crippen LogP contribution in [0, 0.1) is 6.61 Å². The van der Waals surface area contributed by atoms with E-state index in [4.69, 9.17) is 0 Å². The van der Waals surface area contributed by atoms with Crippen LogP contribution in [0.1, 0.15) is 0 Å². The lowest BCUT2D eigenvalue weighted by atomic mass is 10.7. The van der Waals surface area contributed by atoms with Crippen LogP contribution in [0.25, 0.3) is 0 Å². The molecule has 1 aliphatic rings. The van der Waals surface area contributed by atoms with Gasteiger partial charge in [0.1, 0.15) is 12.5 Å². The Labute approximate surface area is 42.0 Å². The maximum absolute atomic E-state index is 4.68. The average molecular weight is 97.1 g/mol. The van der Waals surface area contributed by atoms with Crippen molar-refractivity contribution in [2.45, 2.75) is 0 Å². The second-order valence-electron chi connectivity index (χ2n) is 1.01. The molecule has 37 valence electrons. The van der Waals surface area contributed by atoms with Crippen molar-refractivity contribution in [1.82, 2.24) is 0 Å². The van der Waals surface area contributed by atoms with E-state index in [-0.39, 0.29) is 0 Å². The van der Waals surface area contributed by atoms with Gasteiger partial charge in [0.05, 0.1) is 6.26 Å². The van der Waals surface area contributed by atoms with Gasteiger partial charge < -0.3 is 9.47 Å². The summed E-state index contributed by atoms with van der Waals surface area (Å²) in [6, 6.07) is 0. The van der Waals surface area contributed by atoms with E-state index in [9.17, 15) is 0 Å². The molecule has 1 heterocycles. The molecule has 0 fully saturated rings. The van der Waals surface area contributed by atoms with Crippen molar-refractivity contribution >= 4 is 0 Å². The standard InChI is InChI=1S/C5H5O2/c1-2-6-4-5-7-3-1/h1-5H. The van der Waals surface area contributed by atoms with E-state index < -0.39 is 0 Å². The largest absolute Gasteiger partial charge is 0.486 e. The van der Waals surface area contributed by atoms with E-state index in [1.54, 1.807) is 6.08 Å². The molecule has 0 atom stereocenters. The van der Waals surface area contributed by atoms with Crippen molar-refractivity contribution in [3.05, 3.63) is 31.5 Å². The Morgan fingerprint density at radius 2 is 1.71 bits per heavy atom. The molecule has 0 saturated heterocycles. The number of hydrogen-bond acceptors (Lipinski definition) is 2. The predicted molar refractivity (Wildman–Crippen MR) is 24.7 cm³/mol. The Hall–Kier alpha value is -0.920. The third-order valence-corrected chi connectivity index (χ3v) is 0.527. The summed E-state index contributed by atoms with van der Waals surface area (Å²) in [5.41, 5.74) is 0. The summed E-state index contributed by atoms with van der Waals surface area (Å²) in [4.78, 5) is 0. The van der Waals surface area contributed by atoms with Gasteiger partial charge in [-0.15, -0.1) is 0 Å². The van der Waals surface area contributed by atoms with E-state index in [1.807, 2.05) is 0 Å². The van der Waals surface area contributed by atoms with Crippen LogP contribution in [0.2, 0.25) is 0 Å². The van der Waals surface area contributed by atoms with Crippen molar-refractivity contribution in [3.8, 4) is 0 Å². The van der Waals surface area contributed by atoms with Crippen LogP contribution in [0.5, 0.6) is 0 Å². The first-order chi connectivity index (χ1) is 3.50. The molecule has 0 saturated carbocycles. The molecule has 0 unspecified atom stereocenters. The zero-order valence-corrected chi connectivity index (χ0v) is 3.70. The fourth-order valence-electron chi connectivity index (χ4n) is 0.278. The molecule has 0 aliphatic carbocycles. The van der Waals surface area contributed by atoms with Crippen LogP contribution in [0.3, 0.4) is 0 Å². The van der Waals surface area contributed by atoms with E-state index in [0.29, 0.717) is 0 Å². The molecule has 0 aromatic heterocycles. The zero-order valence-electron chi connectivity index (χ0n) is 3.70. The predicted octanol–water partition coefficient (Wildman–Crippen LogP) is 1.18. The van der Waals surface area contributed by atoms with Crippen LogP contribution in [-0.2, 0) is 9.47 Å². The van der Waals surface area contributed by atoms with Crippen molar-refractivity contribution < 1.29 is 9.47 Å². The van der Waals surface area contributed by atoms with Gasteiger partial charge in [-0.3, -0.25) is 0 Å². The minimum Gasteiger partial charge on any atom is -0.486 e. The minimum atomic E-state index is 1.46. The Morgan fingerprint density at radius 3 is 2.71 bits per heavy atom. The number of hydrogen-bond donors (Lipinski definition) is 0. The molecule has 0 aromatic carbocycles. The minimum absolute atomic E-state index is 1.46. The highest BCUT2D eigenvalue weighted by Gasteiger charge is 1.79. The number of ether oxygens (including phenoxy) is 2. The Balaban J connectivity index is 2.38. The summed E-state index contributed by atoms with van der Waals surface area (Å²) in [6.45, 7) is 1.53. The molecule has 1 aliphatic heterocycles. The third-order valence-electron chi connectivity index (χ3n) is 0.527. The highest BCUT2D eigenvalue weighted by atomic mass is 16.5. The van der Waals surface area contributed by atoms with Crippen LogP contribution in [0.4, 0.5) is 0 Å². The van der Waals surface area contributed by atoms with Gasteiger partial charge in [-0.05, 0) is 6.08 Å². The molecule has 2 nitrogen and oxygen atoms in total. The molecule has 0 aromatic rings. The van der Waals surface area contributed by atoms with Crippen LogP contribution >= 0.6 is 0 Å². The molecule has 0 amide bonds. The summed E-state index contributed by atoms with van der Waals surface area (Å²) >= 11 is 0. The molecule has 0 spiro atoms. The van der Waals surface area contributed by atoms with Crippen LogP contribution in [-0.4, -0.2) is 0 Å². The van der Waals surface area contributed by atoms with Gasteiger partial charge in [0.2, 0.25) is 0 Å². The van der Waals surface area contributed by atoms with Gasteiger partial charge in [0.15, 0.2) is 6.61 Å². The average Bonchev–Trinajstić information content (AvgIpc) is 1.90. The molecule has 1 rings (SSSR count). The first-order valence-corrected chi connectivity index (χ1v) is 1.94. The smallest absolute Gasteiger partial charge is 0.160 e. The first-order valence-electron chi connectivity index (χ1n) is 1.94. The molecule has 2 heteroatoms. The summed E-state index contributed by atoms with van der Waals surface area (Å²) in [5.74, 6) is 0. The summed E-state index contributed by atoms with van der Waals surface area (Å²) < 4.78 is 9.35. The zero-order chi connectivity index (χ0) is 4.95. The van der Waals surface area contributed by atoms with Crippen molar-refractivity contribution in [2.24, 2.45) is 0 Å². The second-order valence-corrected chi connectivity index (χ2v) is 1.01. The Bertz CT molecular complexity index is 82.3. The topological polar surface area (TPSA) is 18.5 Å². The molecule has 0 N–H and O–H groups in total. The highest BCUT2D eigenvalue weighted by Crippen LogP contribution is 1.92. The van der Waals surface area contributed by atoms with E-state index in [2.05, 4.69) is 9.47 Å². The van der Waals surface area contributed by atoms with Crippen molar-refractivity contribution in [1.29, 1.82) is 0 Å². The fourth-order valence-corrected chi connectivity index (χ4v) is 0.278. The van der Waals surface area contributed by atoms with Gasteiger partial charge >= 0.3 is 0 Å². The maximum Gasteiger partial charge on any atom is 0.160 e. The fraction of sp³-hybridized carbons (Fsp3) is 0. The van der Waals surface area contributed by atoms with Gasteiger partial charge in [-0.25, -0.2) is 0 Å². The van der Waals surface area contributed by atoms with Gasteiger partial charge in [-0.2, -0.15) is 0 Å². The Morgan fingerprint density at radius 1 is 0.857 bits per heavy atom. The van der Waals surface area contributed by atoms with E-state index in [0.717, 1.165) is 0 Å². The molecule has 7 heavy (non-hydrogen) atoms. The quantitative estimate of drug-likeness (QED) is 0.452. The second kappa shape index (κ2) is 2.29.